The maximum absolute atomic E-state index is 6.61. The van der Waals surface area contributed by atoms with Gasteiger partial charge in [0.2, 0.25) is 5.79 Å². The molecule has 0 spiro atoms. The predicted octanol–water partition coefficient (Wildman–Crippen LogP) is 1.22. The number of aliphatic imine (C=N–C) groups is 1. The fourth-order valence-electron chi connectivity index (χ4n) is 3.67. The molecule has 1 unspecified atom stereocenters. The molecule has 2 aliphatic rings. The number of benzene rings is 1. The van der Waals surface area contributed by atoms with Crippen molar-refractivity contribution in [2.45, 2.75) is 12.2 Å². The van der Waals surface area contributed by atoms with Gasteiger partial charge in [0.05, 0.1) is 5.69 Å². The van der Waals surface area contributed by atoms with Crippen molar-refractivity contribution < 1.29 is 0 Å². The quantitative estimate of drug-likeness (QED) is 0.531. The summed E-state index contributed by atoms with van der Waals surface area (Å²) in [5.41, 5.74) is 9.44. The van der Waals surface area contributed by atoms with Gasteiger partial charge >= 0.3 is 0 Å². The number of allylic oxidation sites excluding steroid dienone is 1. The van der Waals surface area contributed by atoms with Gasteiger partial charge in [0.1, 0.15) is 5.82 Å². The maximum atomic E-state index is 6.61. The van der Waals surface area contributed by atoms with Crippen molar-refractivity contribution in [1.82, 2.24) is 25.8 Å². The molecule has 1 atom stereocenters. The molecule has 0 bridgehead atoms. The number of hydrogen-bond donors (Lipinski definition) is 4. The Labute approximate surface area is 172 Å². The zero-order valence-corrected chi connectivity index (χ0v) is 16.6. The van der Waals surface area contributed by atoms with Crippen LogP contribution < -0.4 is 21.7 Å². The van der Waals surface area contributed by atoms with Crippen LogP contribution in [0.1, 0.15) is 12.0 Å². The Morgan fingerprint density at radius 2 is 2.03 bits per heavy atom. The topological polar surface area (TPSA) is 90.6 Å². The molecule has 5 N–H and O–H groups in total. The molecule has 7 nitrogen and oxygen atoms in total. The Bertz CT molecular complexity index is 858. The molecule has 2 aliphatic heterocycles. The van der Waals surface area contributed by atoms with Crippen LogP contribution in [0, 0.1) is 0 Å². The Morgan fingerprint density at radius 1 is 1.14 bits per heavy atom. The number of aromatic nitrogens is 1. The molecule has 29 heavy (non-hydrogen) atoms. The van der Waals surface area contributed by atoms with Gasteiger partial charge in [0, 0.05) is 56.3 Å². The van der Waals surface area contributed by atoms with Gasteiger partial charge in [-0.1, -0.05) is 24.3 Å². The third-order valence-corrected chi connectivity index (χ3v) is 5.28. The Balaban J connectivity index is 1.35. The van der Waals surface area contributed by atoms with E-state index >= 15 is 0 Å². The summed E-state index contributed by atoms with van der Waals surface area (Å²) in [6.07, 6.45) is 6.58. The second-order valence-electron chi connectivity index (χ2n) is 7.42. The van der Waals surface area contributed by atoms with Crippen LogP contribution in [-0.2, 0) is 5.79 Å². The minimum absolute atomic E-state index is 0.890. The normalized spacial score (nSPS) is 22.0. The van der Waals surface area contributed by atoms with Crippen molar-refractivity contribution in [1.29, 1.82) is 0 Å². The molecule has 0 saturated carbocycles. The van der Waals surface area contributed by atoms with E-state index in [0.717, 1.165) is 68.3 Å². The molecule has 7 heteroatoms. The lowest BCUT2D eigenvalue weighted by Crippen LogP contribution is -2.52. The molecule has 1 saturated heterocycles. The molecule has 0 radical (unpaired) electrons. The van der Waals surface area contributed by atoms with Crippen LogP contribution in [0.2, 0.25) is 0 Å². The highest BCUT2D eigenvalue weighted by Gasteiger charge is 2.28. The zero-order chi connectivity index (χ0) is 19.9. The molecule has 1 fully saturated rings. The van der Waals surface area contributed by atoms with Crippen LogP contribution in [0.4, 0.5) is 0 Å². The van der Waals surface area contributed by atoms with E-state index in [-0.39, 0.29) is 0 Å². The Kier molecular flexibility index (Phi) is 6.19. The number of rotatable bonds is 7. The number of nitrogens with one attached hydrogen (secondary N) is 3. The van der Waals surface area contributed by atoms with Gasteiger partial charge in [-0.3, -0.25) is 10.7 Å². The van der Waals surface area contributed by atoms with Crippen LogP contribution >= 0.6 is 0 Å². The molecule has 1 aromatic heterocycles. The average Bonchev–Trinajstić information content (AvgIpc) is 2.78. The average molecular weight is 392 g/mol. The first-order valence-corrected chi connectivity index (χ1v) is 10.2. The highest BCUT2D eigenvalue weighted by atomic mass is 15.3. The van der Waals surface area contributed by atoms with E-state index in [2.05, 4.69) is 30.8 Å². The molecule has 2 aromatic rings. The summed E-state index contributed by atoms with van der Waals surface area (Å²) in [6.45, 7) is 6.43. The van der Waals surface area contributed by atoms with Gasteiger partial charge in [0.25, 0.3) is 0 Å². The molecule has 0 aliphatic carbocycles. The molecular weight excluding hydrogens is 362 g/mol. The molecule has 3 heterocycles. The summed E-state index contributed by atoms with van der Waals surface area (Å²) >= 11 is 0. The summed E-state index contributed by atoms with van der Waals surface area (Å²) in [6, 6.07) is 13.9. The Hall–Kier alpha value is -2.74. The SMILES string of the molecule is NC1(c2cccc(-c3ccccn3)c2)N=CC=C(NCCCN2CCNCC2)N1. The second kappa shape index (κ2) is 9.17. The van der Waals surface area contributed by atoms with E-state index in [4.69, 9.17) is 5.73 Å². The lowest BCUT2D eigenvalue weighted by atomic mass is 10.0. The molecule has 1 aromatic carbocycles. The third kappa shape index (κ3) is 5.00. The van der Waals surface area contributed by atoms with E-state index in [9.17, 15) is 0 Å². The van der Waals surface area contributed by atoms with Gasteiger partial charge in [0.15, 0.2) is 0 Å². The van der Waals surface area contributed by atoms with Crippen molar-refractivity contribution in [3.63, 3.8) is 0 Å². The summed E-state index contributed by atoms with van der Waals surface area (Å²) in [5.74, 6) is -0.105. The molecule has 4 rings (SSSR count). The van der Waals surface area contributed by atoms with Crippen LogP contribution in [-0.4, -0.2) is 55.4 Å². The van der Waals surface area contributed by atoms with Gasteiger partial charge in [-0.2, -0.15) is 0 Å². The highest BCUT2D eigenvalue weighted by molar-refractivity contribution is 5.74. The standard InChI is InChI=1S/C22H29N7/c23-22(19-6-3-5-18(17-19)20-7-1-2-9-25-20)27-11-8-21(28-22)26-10-4-14-29-15-12-24-13-16-29/h1-3,5-9,11,17,24,26,28H,4,10,12-16,23H2. The number of nitrogens with two attached hydrogens (primary N) is 1. The van der Waals surface area contributed by atoms with Crippen LogP contribution in [0.3, 0.4) is 0 Å². The minimum Gasteiger partial charge on any atom is -0.372 e. The van der Waals surface area contributed by atoms with Crippen molar-refractivity contribution in [2.24, 2.45) is 10.7 Å². The monoisotopic (exact) mass is 391 g/mol. The summed E-state index contributed by atoms with van der Waals surface area (Å²) in [4.78, 5) is 11.4. The third-order valence-electron chi connectivity index (χ3n) is 5.28. The van der Waals surface area contributed by atoms with E-state index in [1.54, 1.807) is 12.4 Å². The first kappa shape index (κ1) is 19.6. The van der Waals surface area contributed by atoms with Crippen molar-refractivity contribution in [3.05, 3.63) is 66.1 Å². The van der Waals surface area contributed by atoms with E-state index in [0.29, 0.717) is 0 Å². The smallest absolute Gasteiger partial charge is 0.210 e. The van der Waals surface area contributed by atoms with Crippen molar-refractivity contribution in [2.75, 3.05) is 39.3 Å². The summed E-state index contributed by atoms with van der Waals surface area (Å²) in [5, 5.41) is 10.2. The second-order valence-corrected chi connectivity index (χ2v) is 7.42. The highest BCUT2D eigenvalue weighted by Crippen LogP contribution is 2.25. The fraction of sp³-hybridized carbons (Fsp3) is 0.364. The van der Waals surface area contributed by atoms with Gasteiger partial charge in [-0.15, -0.1) is 0 Å². The van der Waals surface area contributed by atoms with Crippen molar-refractivity contribution >= 4 is 6.21 Å². The van der Waals surface area contributed by atoms with Crippen LogP contribution in [0.5, 0.6) is 0 Å². The fourth-order valence-corrected chi connectivity index (χ4v) is 3.67. The lowest BCUT2D eigenvalue weighted by molar-refractivity contribution is 0.238. The van der Waals surface area contributed by atoms with Crippen molar-refractivity contribution in [3.8, 4) is 11.3 Å². The number of piperazine rings is 1. The predicted molar refractivity (Wildman–Crippen MR) is 117 cm³/mol. The van der Waals surface area contributed by atoms with Crippen LogP contribution in [0.25, 0.3) is 11.3 Å². The van der Waals surface area contributed by atoms with E-state index in [1.807, 2.05) is 48.5 Å². The van der Waals surface area contributed by atoms with Gasteiger partial charge < -0.3 is 20.9 Å². The molecular formula is C22H29N7. The largest absolute Gasteiger partial charge is 0.372 e. The number of nitrogens with zero attached hydrogens (tertiary/aromatic N) is 3. The van der Waals surface area contributed by atoms with E-state index in [1.165, 1.54) is 0 Å². The Morgan fingerprint density at radius 3 is 2.86 bits per heavy atom. The first-order chi connectivity index (χ1) is 14.2. The van der Waals surface area contributed by atoms with Gasteiger partial charge in [-0.05, 0) is 37.2 Å². The van der Waals surface area contributed by atoms with Gasteiger partial charge in [-0.25, -0.2) is 4.99 Å². The summed E-state index contributed by atoms with van der Waals surface area (Å²) in [7, 11) is 0. The number of pyridine rings is 1. The minimum atomic E-state index is -1.000. The molecule has 0 amide bonds. The molecule has 152 valence electrons. The van der Waals surface area contributed by atoms with E-state index < -0.39 is 5.79 Å². The lowest BCUT2D eigenvalue weighted by Gasteiger charge is -2.32. The maximum Gasteiger partial charge on any atom is 0.210 e. The number of hydrogen-bond acceptors (Lipinski definition) is 7. The summed E-state index contributed by atoms with van der Waals surface area (Å²) < 4.78 is 0. The zero-order valence-electron chi connectivity index (χ0n) is 16.6. The van der Waals surface area contributed by atoms with Crippen LogP contribution in [0.15, 0.2) is 65.6 Å². The first-order valence-electron chi connectivity index (χ1n) is 10.2.